The number of pyridine rings is 1. The molecule has 4 heterocycles. The van der Waals surface area contributed by atoms with E-state index in [4.69, 9.17) is 4.42 Å². The van der Waals surface area contributed by atoms with Crippen molar-refractivity contribution in [3.8, 4) is 11.5 Å². The topological polar surface area (TPSA) is 103 Å². The minimum atomic E-state index is -4.03. The van der Waals surface area contributed by atoms with Gasteiger partial charge in [0.1, 0.15) is 18.2 Å². The van der Waals surface area contributed by atoms with Crippen LogP contribution < -0.4 is 4.90 Å². The van der Waals surface area contributed by atoms with E-state index in [1.807, 2.05) is 24.3 Å². The molecule has 0 aliphatic carbocycles. The number of oxazole rings is 1. The van der Waals surface area contributed by atoms with Crippen molar-refractivity contribution in [2.75, 3.05) is 38.1 Å². The Labute approximate surface area is 232 Å². The number of aromatic nitrogens is 2. The van der Waals surface area contributed by atoms with E-state index < -0.39 is 28.0 Å². The van der Waals surface area contributed by atoms with E-state index in [1.54, 1.807) is 19.2 Å². The monoisotopic (exact) mass is 563 g/mol. The van der Waals surface area contributed by atoms with Crippen LogP contribution in [0.25, 0.3) is 11.5 Å². The van der Waals surface area contributed by atoms with Crippen LogP contribution in [0.1, 0.15) is 41.5 Å². The summed E-state index contributed by atoms with van der Waals surface area (Å²) in [6, 6.07) is 12.8. The smallest absolute Gasteiger partial charge is 0.244 e. The van der Waals surface area contributed by atoms with Gasteiger partial charge in [-0.2, -0.15) is 4.31 Å². The molecule has 9 nitrogen and oxygen atoms in total. The van der Waals surface area contributed by atoms with Gasteiger partial charge in [-0.1, -0.05) is 12.1 Å². The van der Waals surface area contributed by atoms with Crippen LogP contribution in [-0.4, -0.2) is 65.9 Å². The summed E-state index contributed by atoms with van der Waals surface area (Å²) in [6.07, 6.45) is 3.38. The summed E-state index contributed by atoms with van der Waals surface area (Å²) in [5.74, 6) is -0.659. The molecule has 1 saturated heterocycles. The molecule has 6 rings (SSSR count). The lowest BCUT2D eigenvalue weighted by Crippen LogP contribution is -2.44. The first-order valence-electron chi connectivity index (χ1n) is 13.1. The molecular weight excluding hydrogens is 533 g/mol. The number of aliphatic hydroxyl groups is 1. The van der Waals surface area contributed by atoms with Crippen molar-refractivity contribution in [3.05, 3.63) is 95.4 Å². The minimum absolute atomic E-state index is 0.0784. The van der Waals surface area contributed by atoms with Crippen molar-refractivity contribution in [1.82, 2.24) is 19.2 Å². The van der Waals surface area contributed by atoms with Gasteiger partial charge in [0, 0.05) is 50.6 Å². The van der Waals surface area contributed by atoms with Gasteiger partial charge in [-0.3, -0.25) is 4.98 Å². The summed E-state index contributed by atoms with van der Waals surface area (Å²) in [5, 5.41) is 11.2. The second kappa shape index (κ2) is 10.4. The van der Waals surface area contributed by atoms with E-state index in [2.05, 4.69) is 26.8 Å². The molecule has 4 aromatic rings. The molecule has 0 saturated carbocycles. The second-order valence-electron chi connectivity index (χ2n) is 10.3. The molecule has 2 atom stereocenters. The van der Waals surface area contributed by atoms with Gasteiger partial charge in [0.2, 0.25) is 15.9 Å². The van der Waals surface area contributed by atoms with Gasteiger partial charge in [0.15, 0.2) is 0 Å². The van der Waals surface area contributed by atoms with Crippen LogP contribution >= 0.6 is 0 Å². The molecule has 2 unspecified atom stereocenters. The van der Waals surface area contributed by atoms with E-state index in [9.17, 15) is 17.9 Å². The number of likely N-dealkylation sites (N-methyl/N-ethyl adjacent to an activating group) is 1. The summed E-state index contributed by atoms with van der Waals surface area (Å²) in [5.41, 5.74) is 3.82. The van der Waals surface area contributed by atoms with E-state index >= 15 is 0 Å². The van der Waals surface area contributed by atoms with Crippen molar-refractivity contribution in [1.29, 1.82) is 0 Å². The number of aliphatic hydroxyl groups excluding tert-OH is 1. The Morgan fingerprint density at radius 2 is 1.88 bits per heavy atom. The molecule has 0 amide bonds. The van der Waals surface area contributed by atoms with Crippen LogP contribution in [0.4, 0.5) is 10.1 Å². The Morgan fingerprint density at radius 3 is 2.60 bits per heavy atom. The largest absolute Gasteiger partial charge is 0.444 e. The first-order valence-corrected chi connectivity index (χ1v) is 14.6. The molecule has 2 aliphatic heterocycles. The number of hydrogen-bond donors (Lipinski definition) is 1. The molecule has 2 aliphatic rings. The zero-order valence-electron chi connectivity index (χ0n) is 22.2. The number of hydrogen-bond acceptors (Lipinski definition) is 8. The third-order valence-corrected chi connectivity index (χ3v) is 9.71. The Hall–Kier alpha value is -3.64. The van der Waals surface area contributed by atoms with Crippen molar-refractivity contribution >= 4 is 15.7 Å². The number of rotatable bonds is 6. The van der Waals surface area contributed by atoms with Gasteiger partial charge in [0.05, 0.1) is 22.3 Å². The minimum Gasteiger partial charge on any atom is -0.444 e. The predicted octanol–water partition coefficient (Wildman–Crippen LogP) is 3.97. The molecule has 2 aromatic carbocycles. The molecule has 208 valence electrons. The van der Waals surface area contributed by atoms with Gasteiger partial charge in [0.25, 0.3) is 0 Å². The quantitative estimate of drug-likeness (QED) is 0.376. The molecular formula is C29H30FN5O4S. The number of piperazine rings is 1. The molecule has 11 heteroatoms. The maximum Gasteiger partial charge on any atom is 0.244 e. The summed E-state index contributed by atoms with van der Waals surface area (Å²) in [4.78, 5) is 12.9. The lowest BCUT2D eigenvalue weighted by atomic mass is 10.0. The highest BCUT2D eigenvalue weighted by Gasteiger charge is 2.37. The summed E-state index contributed by atoms with van der Waals surface area (Å²) in [6.45, 7) is 5.68. The van der Waals surface area contributed by atoms with Gasteiger partial charge >= 0.3 is 0 Å². The molecule has 40 heavy (non-hydrogen) atoms. The molecule has 0 spiro atoms. The first kappa shape index (κ1) is 26.6. The fourth-order valence-corrected chi connectivity index (χ4v) is 6.99. The van der Waals surface area contributed by atoms with Crippen LogP contribution in [-0.2, 0) is 16.6 Å². The first-order chi connectivity index (χ1) is 19.2. The molecule has 1 N–H and O–H groups in total. The highest BCUT2D eigenvalue weighted by molar-refractivity contribution is 7.89. The number of fused-ring (bicyclic) bond motifs is 1. The average molecular weight is 564 g/mol. The molecule has 2 aromatic heterocycles. The third-order valence-electron chi connectivity index (χ3n) is 7.80. The van der Waals surface area contributed by atoms with Crippen LogP contribution in [0.2, 0.25) is 0 Å². The molecule has 0 bridgehead atoms. The third kappa shape index (κ3) is 4.79. The van der Waals surface area contributed by atoms with Crippen molar-refractivity contribution in [2.45, 2.75) is 30.5 Å². The maximum absolute atomic E-state index is 14.8. The fraction of sp³-hybridized carbons (Fsp3) is 0.310. The number of halogens is 1. The Morgan fingerprint density at radius 1 is 1.07 bits per heavy atom. The highest BCUT2D eigenvalue weighted by atomic mass is 32.2. The van der Waals surface area contributed by atoms with E-state index in [1.165, 1.54) is 28.9 Å². The maximum atomic E-state index is 14.8. The number of nitrogens with zero attached hydrogens (tertiary/aromatic N) is 5. The van der Waals surface area contributed by atoms with E-state index in [-0.39, 0.29) is 22.9 Å². The van der Waals surface area contributed by atoms with E-state index in [0.717, 1.165) is 54.6 Å². The predicted molar refractivity (Wildman–Crippen MR) is 147 cm³/mol. The Balaban J connectivity index is 1.23. The summed E-state index contributed by atoms with van der Waals surface area (Å²) >= 11 is 0. The lowest BCUT2D eigenvalue weighted by Gasteiger charge is -2.34. The highest BCUT2D eigenvalue weighted by Crippen LogP contribution is 2.39. The fourth-order valence-electron chi connectivity index (χ4n) is 5.39. The zero-order chi connectivity index (χ0) is 28.0. The number of sulfonamides is 1. The average Bonchev–Trinajstić information content (AvgIpc) is 3.61. The van der Waals surface area contributed by atoms with Crippen molar-refractivity contribution in [3.63, 3.8) is 0 Å². The SMILES string of the molecule is CC1c2cc(C(O)c3cccc(N4CCN(C)CC4)c3)ncc2CN1S(=O)(=O)c1ccc(-c2ncco2)c(F)c1. The standard InChI is InChI=1S/C29H30FN5O4S/c1-19-25-16-27(28(36)20-4-3-5-22(14-20)34-11-9-33(2)10-12-34)32-17-21(25)18-35(19)40(37,38)23-6-7-24(26(30)15-23)29-31-8-13-39-29/h3-8,13-17,19,28,36H,9-12,18H2,1-2H3. The van der Waals surface area contributed by atoms with Gasteiger partial charge in [-0.15, -0.1) is 0 Å². The van der Waals surface area contributed by atoms with Gasteiger partial charge in [-0.25, -0.2) is 17.8 Å². The van der Waals surface area contributed by atoms with Crippen LogP contribution in [0, 0.1) is 5.82 Å². The van der Waals surface area contributed by atoms with Crippen molar-refractivity contribution in [2.24, 2.45) is 0 Å². The van der Waals surface area contributed by atoms with Crippen LogP contribution in [0.5, 0.6) is 0 Å². The summed E-state index contributed by atoms with van der Waals surface area (Å²) < 4.78 is 48.4. The second-order valence-corrected chi connectivity index (χ2v) is 12.2. The Bertz CT molecular complexity index is 1640. The normalized spacial score (nSPS) is 19.1. The molecule has 1 fully saturated rings. The van der Waals surface area contributed by atoms with E-state index in [0.29, 0.717) is 5.69 Å². The van der Waals surface area contributed by atoms with Gasteiger partial charge in [-0.05, 0) is 67.1 Å². The number of benzene rings is 2. The zero-order valence-corrected chi connectivity index (χ0v) is 23.1. The lowest BCUT2D eigenvalue weighted by molar-refractivity contribution is 0.215. The Kier molecular flexibility index (Phi) is 6.91. The van der Waals surface area contributed by atoms with Crippen LogP contribution in [0.15, 0.2) is 76.5 Å². The summed E-state index contributed by atoms with van der Waals surface area (Å²) in [7, 11) is -1.92. The van der Waals surface area contributed by atoms with Gasteiger partial charge < -0.3 is 19.3 Å². The van der Waals surface area contributed by atoms with Crippen LogP contribution in [0.3, 0.4) is 0 Å². The van der Waals surface area contributed by atoms with Crippen molar-refractivity contribution < 1.29 is 22.3 Å². The molecule has 0 radical (unpaired) electrons. The number of anilines is 1.